The SMILES string of the molecule is Cn1c(C[N+](C)(C)C)cc2ccccc21.[I-]. The average Bonchev–Trinajstić information content (AvgIpc) is 2.42. The van der Waals surface area contributed by atoms with E-state index >= 15 is 0 Å². The first-order chi connectivity index (χ1) is 6.97. The van der Waals surface area contributed by atoms with Crippen molar-refractivity contribution < 1.29 is 28.5 Å². The lowest BCUT2D eigenvalue weighted by Gasteiger charge is -2.24. The molecule has 0 unspecified atom stereocenters. The second-order valence-corrected chi connectivity index (χ2v) is 5.20. The Kier molecular flexibility index (Phi) is 4.02. The summed E-state index contributed by atoms with van der Waals surface area (Å²) in [5.74, 6) is 0. The molecular weight excluding hydrogens is 311 g/mol. The highest BCUT2D eigenvalue weighted by atomic mass is 127. The van der Waals surface area contributed by atoms with Gasteiger partial charge in [-0.2, -0.15) is 0 Å². The van der Waals surface area contributed by atoms with E-state index in [0.717, 1.165) is 11.0 Å². The van der Waals surface area contributed by atoms with Crippen molar-refractivity contribution in [1.29, 1.82) is 0 Å². The van der Waals surface area contributed by atoms with Crippen molar-refractivity contribution in [1.82, 2.24) is 4.57 Å². The Labute approximate surface area is 114 Å². The molecule has 16 heavy (non-hydrogen) atoms. The van der Waals surface area contributed by atoms with E-state index in [9.17, 15) is 0 Å². The molecular formula is C13H19IN2. The van der Waals surface area contributed by atoms with Crippen LogP contribution in [0.5, 0.6) is 0 Å². The number of hydrogen-bond donors (Lipinski definition) is 0. The van der Waals surface area contributed by atoms with E-state index in [1.54, 1.807) is 0 Å². The first-order valence-electron chi connectivity index (χ1n) is 5.31. The molecule has 0 amide bonds. The number of rotatable bonds is 2. The molecule has 0 saturated carbocycles. The van der Waals surface area contributed by atoms with Crippen molar-refractivity contribution in [3.05, 3.63) is 36.0 Å². The molecule has 1 aromatic carbocycles. The van der Waals surface area contributed by atoms with Crippen molar-refractivity contribution in [2.45, 2.75) is 6.54 Å². The maximum absolute atomic E-state index is 2.29. The Balaban J connectivity index is 0.00000128. The number of hydrogen-bond acceptors (Lipinski definition) is 0. The predicted molar refractivity (Wildman–Crippen MR) is 64.7 cm³/mol. The largest absolute Gasteiger partial charge is 1.00 e. The summed E-state index contributed by atoms with van der Waals surface area (Å²) < 4.78 is 3.25. The van der Waals surface area contributed by atoms with Crippen LogP contribution in [0.3, 0.4) is 0 Å². The maximum atomic E-state index is 2.29. The quantitative estimate of drug-likeness (QED) is 0.511. The molecule has 3 heteroatoms. The number of aryl methyl sites for hydroxylation is 1. The highest BCUT2D eigenvalue weighted by Gasteiger charge is 2.13. The summed E-state index contributed by atoms with van der Waals surface area (Å²) in [5, 5.41) is 1.34. The number of halogens is 1. The fraction of sp³-hybridized carbons (Fsp3) is 0.385. The van der Waals surface area contributed by atoms with E-state index in [2.05, 4.69) is 63.1 Å². The Morgan fingerprint density at radius 2 is 1.75 bits per heavy atom. The van der Waals surface area contributed by atoms with E-state index in [1.165, 1.54) is 16.6 Å². The average molecular weight is 330 g/mol. The Morgan fingerprint density at radius 3 is 2.31 bits per heavy atom. The van der Waals surface area contributed by atoms with Gasteiger partial charge in [0.25, 0.3) is 0 Å². The highest BCUT2D eigenvalue weighted by molar-refractivity contribution is 5.81. The second kappa shape index (κ2) is 4.75. The molecule has 2 aromatic rings. The number of para-hydroxylation sites is 1. The van der Waals surface area contributed by atoms with Crippen molar-refractivity contribution in [2.75, 3.05) is 21.1 Å². The summed E-state index contributed by atoms with van der Waals surface area (Å²) in [7, 11) is 8.81. The number of nitrogens with zero attached hydrogens (tertiary/aromatic N) is 2. The van der Waals surface area contributed by atoms with Gasteiger partial charge in [-0.05, 0) is 12.1 Å². The summed E-state index contributed by atoms with van der Waals surface area (Å²) in [4.78, 5) is 0. The summed E-state index contributed by atoms with van der Waals surface area (Å²) in [6, 6.07) is 10.8. The van der Waals surface area contributed by atoms with Crippen LogP contribution in [0.4, 0.5) is 0 Å². The molecule has 0 aliphatic heterocycles. The molecule has 0 spiro atoms. The zero-order chi connectivity index (χ0) is 11.1. The van der Waals surface area contributed by atoms with Gasteiger partial charge in [-0.1, -0.05) is 18.2 Å². The minimum absolute atomic E-state index is 0. The molecule has 0 bridgehead atoms. The minimum Gasteiger partial charge on any atom is -1.00 e. The van der Waals surface area contributed by atoms with Crippen LogP contribution in [0.15, 0.2) is 30.3 Å². The predicted octanol–water partition coefficient (Wildman–Crippen LogP) is -0.611. The highest BCUT2D eigenvalue weighted by Crippen LogP contribution is 2.19. The molecule has 0 saturated heterocycles. The van der Waals surface area contributed by atoms with Crippen molar-refractivity contribution in [3.63, 3.8) is 0 Å². The van der Waals surface area contributed by atoms with Crippen LogP contribution in [-0.4, -0.2) is 30.2 Å². The van der Waals surface area contributed by atoms with Crippen molar-refractivity contribution in [3.8, 4) is 0 Å². The van der Waals surface area contributed by atoms with E-state index < -0.39 is 0 Å². The number of aromatic nitrogens is 1. The van der Waals surface area contributed by atoms with Crippen molar-refractivity contribution in [2.24, 2.45) is 7.05 Å². The monoisotopic (exact) mass is 330 g/mol. The molecule has 0 N–H and O–H groups in total. The van der Waals surface area contributed by atoms with Crippen LogP contribution in [0.1, 0.15) is 5.69 Å². The van der Waals surface area contributed by atoms with Crippen LogP contribution in [0, 0.1) is 0 Å². The topological polar surface area (TPSA) is 4.93 Å². The van der Waals surface area contributed by atoms with Gasteiger partial charge in [0.2, 0.25) is 0 Å². The Morgan fingerprint density at radius 1 is 1.12 bits per heavy atom. The van der Waals surface area contributed by atoms with Gasteiger partial charge in [0.1, 0.15) is 6.54 Å². The fourth-order valence-corrected chi connectivity index (χ4v) is 1.98. The van der Waals surface area contributed by atoms with E-state index in [4.69, 9.17) is 0 Å². The molecule has 1 heterocycles. The second-order valence-electron chi connectivity index (χ2n) is 5.20. The Bertz CT molecular complexity index is 480. The van der Waals surface area contributed by atoms with Crippen LogP contribution in [0.25, 0.3) is 10.9 Å². The molecule has 0 atom stereocenters. The van der Waals surface area contributed by atoms with Crippen LogP contribution >= 0.6 is 0 Å². The van der Waals surface area contributed by atoms with Gasteiger partial charge < -0.3 is 33.0 Å². The number of benzene rings is 1. The third kappa shape index (κ3) is 2.77. The van der Waals surface area contributed by atoms with Gasteiger partial charge >= 0.3 is 0 Å². The summed E-state index contributed by atoms with van der Waals surface area (Å²) in [6.45, 7) is 1.06. The Hall–Kier alpha value is -0.550. The third-order valence-electron chi connectivity index (χ3n) is 2.69. The summed E-state index contributed by atoms with van der Waals surface area (Å²) in [6.07, 6.45) is 0. The third-order valence-corrected chi connectivity index (χ3v) is 2.69. The smallest absolute Gasteiger partial charge is 0.119 e. The molecule has 0 radical (unpaired) electrons. The van der Waals surface area contributed by atoms with E-state index in [0.29, 0.717) is 0 Å². The molecule has 0 aliphatic rings. The van der Waals surface area contributed by atoms with Gasteiger partial charge in [-0.15, -0.1) is 0 Å². The van der Waals surface area contributed by atoms with Gasteiger partial charge in [0.15, 0.2) is 0 Å². The number of fused-ring (bicyclic) bond motifs is 1. The first kappa shape index (κ1) is 13.5. The van der Waals surface area contributed by atoms with Crippen molar-refractivity contribution >= 4 is 10.9 Å². The van der Waals surface area contributed by atoms with Gasteiger partial charge in [-0.25, -0.2) is 0 Å². The maximum Gasteiger partial charge on any atom is 0.119 e. The number of quaternary nitrogens is 1. The van der Waals surface area contributed by atoms with Gasteiger partial charge in [-0.3, -0.25) is 0 Å². The molecule has 0 aliphatic carbocycles. The fourth-order valence-electron chi connectivity index (χ4n) is 1.98. The molecule has 2 rings (SSSR count). The zero-order valence-corrected chi connectivity index (χ0v) is 12.5. The van der Waals surface area contributed by atoms with E-state index in [1.807, 2.05) is 0 Å². The minimum atomic E-state index is 0. The summed E-state index contributed by atoms with van der Waals surface area (Å²) in [5.41, 5.74) is 2.71. The molecule has 88 valence electrons. The lowest BCUT2D eigenvalue weighted by molar-refractivity contribution is -0.884. The van der Waals surface area contributed by atoms with Crippen LogP contribution < -0.4 is 24.0 Å². The normalized spacial score (nSPS) is 11.5. The lowest BCUT2D eigenvalue weighted by Crippen LogP contribution is -3.00. The van der Waals surface area contributed by atoms with E-state index in [-0.39, 0.29) is 24.0 Å². The van der Waals surface area contributed by atoms with Crippen LogP contribution in [0.2, 0.25) is 0 Å². The molecule has 0 fully saturated rings. The van der Waals surface area contributed by atoms with Crippen LogP contribution in [-0.2, 0) is 13.6 Å². The van der Waals surface area contributed by atoms with Gasteiger partial charge in [0, 0.05) is 18.0 Å². The lowest BCUT2D eigenvalue weighted by atomic mass is 10.2. The summed E-state index contributed by atoms with van der Waals surface area (Å²) >= 11 is 0. The molecule has 2 nitrogen and oxygen atoms in total. The standard InChI is InChI=1S/C13H19N2.HI/c1-14-12(10-15(2,3)4)9-11-7-5-6-8-13(11)14;/h5-9H,10H2,1-4H3;1H/q+1;/p-1. The first-order valence-corrected chi connectivity index (χ1v) is 5.31. The zero-order valence-electron chi connectivity index (χ0n) is 10.4. The van der Waals surface area contributed by atoms with Gasteiger partial charge in [0.05, 0.1) is 26.8 Å². The molecule has 1 aromatic heterocycles.